The standard InChI is InChI=1S/C15H20N2O4/c1-3-12(4-2)17-6-5-11(16-17)9-21-15-10-20-13(8-18)7-14(15)19/h5-7,10,12,18H,3-4,8-9H2,1-2H3. The molecule has 2 rings (SSSR count). The largest absolute Gasteiger partial charge is 0.480 e. The number of aliphatic hydroxyl groups is 1. The smallest absolute Gasteiger partial charge is 0.227 e. The van der Waals surface area contributed by atoms with Gasteiger partial charge in [0.1, 0.15) is 25.2 Å². The molecular weight excluding hydrogens is 272 g/mol. The van der Waals surface area contributed by atoms with Gasteiger partial charge in [0, 0.05) is 12.3 Å². The van der Waals surface area contributed by atoms with Gasteiger partial charge in [-0.05, 0) is 18.9 Å². The Morgan fingerprint density at radius 3 is 2.81 bits per heavy atom. The summed E-state index contributed by atoms with van der Waals surface area (Å²) in [6.07, 6.45) is 5.18. The summed E-state index contributed by atoms with van der Waals surface area (Å²) in [7, 11) is 0. The minimum absolute atomic E-state index is 0.115. The molecule has 2 aromatic rings. The molecule has 0 aliphatic carbocycles. The van der Waals surface area contributed by atoms with Crippen molar-refractivity contribution in [3.05, 3.63) is 46.3 Å². The first-order valence-corrected chi connectivity index (χ1v) is 7.07. The van der Waals surface area contributed by atoms with Crippen molar-refractivity contribution >= 4 is 0 Å². The predicted molar refractivity (Wildman–Crippen MR) is 77.1 cm³/mol. The van der Waals surface area contributed by atoms with Crippen LogP contribution in [0.4, 0.5) is 0 Å². The molecule has 0 saturated carbocycles. The average Bonchev–Trinajstić information content (AvgIpc) is 2.96. The van der Waals surface area contributed by atoms with Crippen molar-refractivity contribution in [2.45, 2.75) is 45.9 Å². The van der Waals surface area contributed by atoms with Gasteiger partial charge in [-0.3, -0.25) is 9.48 Å². The zero-order valence-corrected chi connectivity index (χ0v) is 12.3. The minimum atomic E-state index is -0.315. The topological polar surface area (TPSA) is 77.5 Å². The van der Waals surface area contributed by atoms with E-state index >= 15 is 0 Å². The molecule has 0 atom stereocenters. The van der Waals surface area contributed by atoms with Gasteiger partial charge >= 0.3 is 0 Å². The first-order chi connectivity index (χ1) is 10.2. The van der Waals surface area contributed by atoms with Gasteiger partial charge < -0.3 is 14.3 Å². The zero-order chi connectivity index (χ0) is 15.2. The number of nitrogens with zero attached hydrogens (tertiary/aromatic N) is 2. The van der Waals surface area contributed by atoms with Crippen LogP contribution < -0.4 is 10.2 Å². The van der Waals surface area contributed by atoms with Gasteiger partial charge in [-0.2, -0.15) is 5.10 Å². The maximum atomic E-state index is 11.7. The first kappa shape index (κ1) is 15.3. The lowest BCUT2D eigenvalue weighted by atomic mass is 10.2. The minimum Gasteiger partial charge on any atom is -0.480 e. The molecule has 0 radical (unpaired) electrons. The highest BCUT2D eigenvalue weighted by atomic mass is 16.5. The Balaban J connectivity index is 2.02. The van der Waals surface area contributed by atoms with E-state index in [1.54, 1.807) is 0 Å². The van der Waals surface area contributed by atoms with E-state index in [-0.39, 0.29) is 30.2 Å². The maximum Gasteiger partial charge on any atom is 0.227 e. The molecule has 0 fully saturated rings. The summed E-state index contributed by atoms with van der Waals surface area (Å²) in [5.41, 5.74) is 0.442. The highest BCUT2D eigenvalue weighted by molar-refractivity contribution is 5.17. The fourth-order valence-electron chi connectivity index (χ4n) is 2.10. The van der Waals surface area contributed by atoms with Crippen molar-refractivity contribution in [1.82, 2.24) is 9.78 Å². The zero-order valence-electron chi connectivity index (χ0n) is 12.3. The van der Waals surface area contributed by atoms with E-state index in [9.17, 15) is 4.79 Å². The SMILES string of the molecule is CCC(CC)n1ccc(COc2coc(CO)cc2=O)n1. The van der Waals surface area contributed by atoms with Crippen LogP contribution in [0.15, 0.2) is 33.8 Å². The van der Waals surface area contributed by atoms with E-state index in [0.717, 1.165) is 18.5 Å². The monoisotopic (exact) mass is 292 g/mol. The van der Waals surface area contributed by atoms with Crippen LogP contribution in [0.2, 0.25) is 0 Å². The molecule has 6 nitrogen and oxygen atoms in total. The Hall–Kier alpha value is -2.08. The summed E-state index contributed by atoms with van der Waals surface area (Å²) in [6, 6.07) is 3.48. The summed E-state index contributed by atoms with van der Waals surface area (Å²) >= 11 is 0. The average molecular weight is 292 g/mol. The molecule has 2 heterocycles. The third kappa shape index (κ3) is 3.72. The number of aliphatic hydroxyl groups excluding tert-OH is 1. The van der Waals surface area contributed by atoms with E-state index in [0.29, 0.717) is 6.04 Å². The summed E-state index contributed by atoms with van der Waals surface area (Å²) in [6.45, 7) is 4.14. The molecule has 2 aromatic heterocycles. The Kier molecular flexibility index (Phi) is 5.16. The predicted octanol–water partition coefficient (Wildman–Crippen LogP) is 2.27. The van der Waals surface area contributed by atoms with Gasteiger partial charge in [0.25, 0.3) is 0 Å². The molecule has 0 aromatic carbocycles. The number of hydrogen-bond acceptors (Lipinski definition) is 5. The van der Waals surface area contributed by atoms with Gasteiger partial charge in [-0.25, -0.2) is 0 Å². The fraction of sp³-hybridized carbons (Fsp3) is 0.467. The van der Waals surface area contributed by atoms with E-state index in [1.807, 2.05) is 16.9 Å². The molecule has 21 heavy (non-hydrogen) atoms. The lowest BCUT2D eigenvalue weighted by molar-refractivity contribution is 0.235. The number of aromatic nitrogens is 2. The van der Waals surface area contributed by atoms with Crippen LogP contribution >= 0.6 is 0 Å². The Morgan fingerprint density at radius 2 is 2.19 bits per heavy atom. The molecule has 6 heteroatoms. The second kappa shape index (κ2) is 7.08. The van der Waals surface area contributed by atoms with Crippen molar-refractivity contribution in [2.24, 2.45) is 0 Å². The van der Waals surface area contributed by atoms with Gasteiger partial charge in [0.05, 0.1) is 11.7 Å². The summed E-state index contributed by atoms with van der Waals surface area (Å²) in [5, 5.41) is 13.3. The molecule has 0 bridgehead atoms. The third-order valence-electron chi connectivity index (χ3n) is 3.36. The van der Waals surface area contributed by atoms with Crippen LogP contribution in [0.25, 0.3) is 0 Å². The van der Waals surface area contributed by atoms with Crippen molar-refractivity contribution in [3.63, 3.8) is 0 Å². The lowest BCUT2D eigenvalue weighted by Gasteiger charge is -2.12. The number of rotatable bonds is 7. The van der Waals surface area contributed by atoms with E-state index in [4.69, 9.17) is 14.3 Å². The molecular formula is C15H20N2O4. The third-order valence-corrected chi connectivity index (χ3v) is 3.36. The summed E-state index contributed by atoms with van der Waals surface area (Å²) < 4.78 is 12.4. The van der Waals surface area contributed by atoms with Gasteiger partial charge in [-0.1, -0.05) is 13.8 Å². The molecule has 0 spiro atoms. The maximum absolute atomic E-state index is 11.7. The molecule has 0 aliphatic heterocycles. The molecule has 0 aliphatic rings. The normalized spacial score (nSPS) is 11.0. The van der Waals surface area contributed by atoms with Crippen LogP contribution in [0.5, 0.6) is 5.75 Å². The van der Waals surface area contributed by atoms with Crippen molar-refractivity contribution in [3.8, 4) is 5.75 Å². The van der Waals surface area contributed by atoms with Crippen LogP contribution in [-0.4, -0.2) is 14.9 Å². The lowest BCUT2D eigenvalue weighted by Crippen LogP contribution is -2.10. The van der Waals surface area contributed by atoms with Crippen molar-refractivity contribution < 1.29 is 14.3 Å². The molecule has 1 N–H and O–H groups in total. The van der Waals surface area contributed by atoms with Gasteiger partial charge in [-0.15, -0.1) is 0 Å². The second-order valence-corrected chi connectivity index (χ2v) is 4.78. The molecule has 114 valence electrons. The molecule has 0 saturated heterocycles. The van der Waals surface area contributed by atoms with Crippen LogP contribution in [0.1, 0.15) is 44.2 Å². The van der Waals surface area contributed by atoms with Crippen molar-refractivity contribution in [1.29, 1.82) is 0 Å². The van der Waals surface area contributed by atoms with E-state index in [1.165, 1.54) is 12.3 Å². The van der Waals surface area contributed by atoms with Crippen LogP contribution in [-0.2, 0) is 13.2 Å². The van der Waals surface area contributed by atoms with E-state index in [2.05, 4.69) is 18.9 Å². The molecule has 0 amide bonds. The Morgan fingerprint density at radius 1 is 1.43 bits per heavy atom. The van der Waals surface area contributed by atoms with Crippen molar-refractivity contribution in [2.75, 3.05) is 0 Å². The van der Waals surface area contributed by atoms with Crippen LogP contribution in [0.3, 0.4) is 0 Å². The fourth-order valence-corrected chi connectivity index (χ4v) is 2.10. The summed E-state index contributed by atoms with van der Waals surface area (Å²) in [5.74, 6) is 0.328. The van der Waals surface area contributed by atoms with E-state index < -0.39 is 0 Å². The number of ether oxygens (including phenoxy) is 1. The highest BCUT2D eigenvalue weighted by Gasteiger charge is 2.09. The number of hydrogen-bond donors (Lipinski definition) is 1. The Labute approximate surface area is 123 Å². The van der Waals surface area contributed by atoms with Gasteiger partial charge in [0.15, 0.2) is 0 Å². The Bertz CT molecular complexity index is 629. The highest BCUT2D eigenvalue weighted by Crippen LogP contribution is 2.15. The van der Waals surface area contributed by atoms with Gasteiger partial charge in [0.2, 0.25) is 11.2 Å². The van der Waals surface area contributed by atoms with Crippen LogP contribution in [0, 0.1) is 0 Å². The summed E-state index contributed by atoms with van der Waals surface area (Å²) in [4.78, 5) is 11.7. The second-order valence-electron chi connectivity index (χ2n) is 4.78. The quantitative estimate of drug-likeness (QED) is 0.847. The first-order valence-electron chi connectivity index (χ1n) is 7.07. The molecule has 0 unspecified atom stereocenters.